The second kappa shape index (κ2) is 9.70. The third kappa shape index (κ3) is 4.67. The van der Waals surface area contributed by atoms with Crippen LogP contribution in [0.5, 0.6) is 0 Å². The summed E-state index contributed by atoms with van der Waals surface area (Å²) in [6.45, 7) is 2.10. The van der Waals surface area contributed by atoms with Crippen LogP contribution in [0.3, 0.4) is 0 Å². The standard InChI is InChI=1S/C27H23F3N4O3/c1-15-9-18(31)12-33(15)25-23(30)13-34-24(32-25)20(19-8-7-17(28)10-22(19)29)11-21(26(34)35)27(36)37-14-16-5-3-2-4-6-16/h2-8,10-11,13,15,18H,9,12,14,31H2,1H3. The topological polar surface area (TPSA) is 89.9 Å². The zero-order valence-corrected chi connectivity index (χ0v) is 19.8. The summed E-state index contributed by atoms with van der Waals surface area (Å²) >= 11 is 0. The molecule has 0 radical (unpaired) electrons. The second-order valence-electron chi connectivity index (χ2n) is 9.07. The second-order valence-corrected chi connectivity index (χ2v) is 9.07. The Bertz CT molecular complexity index is 1560. The largest absolute Gasteiger partial charge is 0.457 e. The van der Waals surface area contributed by atoms with Crippen molar-refractivity contribution >= 4 is 17.4 Å². The molecule has 37 heavy (non-hydrogen) atoms. The normalized spacial score (nSPS) is 17.4. The smallest absolute Gasteiger partial charge is 0.344 e. The van der Waals surface area contributed by atoms with Crippen LogP contribution in [-0.4, -0.2) is 34.0 Å². The Morgan fingerprint density at radius 3 is 2.51 bits per heavy atom. The Labute approximate surface area is 209 Å². The molecule has 7 nitrogen and oxygen atoms in total. The number of fused-ring (bicyclic) bond motifs is 1. The van der Waals surface area contributed by atoms with E-state index in [2.05, 4.69) is 4.98 Å². The van der Waals surface area contributed by atoms with E-state index in [1.807, 2.05) is 6.92 Å². The van der Waals surface area contributed by atoms with E-state index in [1.165, 1.54) is 6.07 Å². The highest BCUT2D eigenvalue weighted by Crippen LogP contribution is 2.31. The monoisotopic (exact) mass is 508 g/mol. The van der Waals surface area contributed by atoms with Gasteiger partial charge in [-0.3, -0.25) is 9.20 Å². The molecule has 2 unspecified atom stereocenters. The zero-order valence-electron chi connectivity index (χ0n) is 19.8. The summed E-state index contributed by atoms with van der Waals surface area (Å²) < 4.78 is 50.0. The van der Waals surface area contributed by atoms with E-state index < -0.39 is 34.5 Å². The molecule has 4 aromatic rings. The van der Waals surface area contributed by atoms with E-state index in [0.29, 0.717) is 24.6 Å². The predicted octanol–water partition coefficient (Wildman–Crippen LogP) is 4.06. The van der Waals surface area contributed by atoms with Gasteiger partial charge in [0.05, 0.1) is 6.20 Å². The first-order chi connectivity index (χ1) is 17.7. The average molecular weight is 509 g/mol. The van der Waals surface area contributed by atoms with Gasteiger partial charge < -0.3 is 15.4 Å². The molecule has 0 aliphatic carbocycles. The number of nitrogens with two attached hydrogens (primary N) is 1. The van der Waals surface area contributed by atoms with Gasteiger partial charge in [-0.2, -0.15) is 0 Å². The molecule has 190 valence electrons. The van der Waals surface area contributed by atoms with Crippen molar-refractivity contribution in [1.29, 1.82) is 0 Å². The number of carbonyl (C=O) groups excluding carboxylic acids is 1. The SMILES string of the molecule is CC1CC(N)CN1c1nc2c(-c3ccc(F)cc3F)cc(C(=O)OCc3ccccc3)c(=O)n2cc1F. The Hall–Kier alpha value is -4.18. The van der Waals surface area contributed by atoms with Gasteiger partial charge in [0.2, 0.25) is 0 Å². The third-order valence-corrected chi connectivity index (χ3v) is 6.41. The van der Waals surface area contributed by atoms with E-state index in [9.17, 15) is 18.4 Å². The van der Waals surface area contributed by atoms with Crippen LogP contribution in [-0.2, 0) is 11.3 Å². The van der Waals surface area contributed by atoms with Crippen molar-refractivity contribution in [2.45, 2.75) is 32.0 Å². The van der Waals surface area contributed by atoms with Crippen molar-refractivity contribution in [3.63, 3.8) is 0 Å². The van der Waals surface area contributed by atoms with Gasteiger partial charge in [-0.05, 0) is 37.1 Å². The number of carbonyl (C=O) groups is 1. The molecule has 1 saturated heterocycles. The molecule has 0 saturated carbocycles. The molecule has 10 heteroatoms. The Balaban J connectivity index is 1.67. The van der Waals surface area contributed by atoms with Crippen molar-refractivity contribution < 1.29 is 22.7 Å². The maximum absolute atomic E-state index is 15.3. The number of anilines is 1. The Morgan fingerprint density at radius 2 is 1.84 bits per heavy atom. The van der Waals surface area contributed by atoms with Gasteiger partial charge in [0.1, 0.15) is 29.5 Å². The van der Waals surface area contributed by atoms with Crippen LogP contribution in [0.25, 0.3) is 16.8 Å². The van der Waals surface area contributed by atoms with E-state index in [-0.39, 0.29) is 41.3 Å². The minimum atomic E-state index is -0.976. The summed E-state index contributed by atoms with van der Waals surface area (Å²) in [5, 5.41) is 0. The maximum atomic E-state index is 15.3. The number of hydrogen-bond donors (Lipinski definition) is 1. The van der Waals surface area contributed by atoms with E-state index in [0.717, 1.165) is 22.7 Å². The van der Waals surface area contributed by atoms with Gasteiger partial charge in [-0.1, -0.05) is 30.3 Å². The van der Waals surface area contributed by atoms with Crippen LogP contribution in [0.15, 0.2) is 65.6 Å². The number of ether oxygens (including phenoxy) is 1. The fourth-order valence-electron chi connectivity index (χ4n) is 4.61. The van der Waals surface area contributed by atoms with Gasteiger partial charge in [-0.15, -0.1) is 0 Å². The molecule has 5 rings (SSSR count). The number of rotatable bonds is 5. The third-order valence-electron chi connectivity index (χ3n) is 6.41. The highest BCUT2D eigenvalue weighted by atomic mass is 19.1. The number of benzene rings is 2. The molecule has 0 spiro atoms. The lowest BCUT2D eigenvalue weighted by Gasteiger charge is -2.24. The molecule has 3 heterocycles. The van der Waals surface area contributed by atoms with E-state index >= 15 is 4.39 Å². The lowest BCUT2D eigenvalue weighted by Crippen LogP contribution is -2.32. The fourth-order valence-corrected chi connectivity index (χ4v) is 4.61. The summed E-state index contributed by atoms with van der Waals surface area (Å²) in [6.07, 6.45) is 1.53. The van der Waals surface area contributed by atoms with Gasteiger partial charge in [0.15, 0.2) is 11.6 Å². The van der Waals surface area contributed by atoms with E-state index in [4.69, 9.17) is 10.5 Å². The maximum Gasteiger partial charge on any atom is 0.344 e. The van der Waals surface area contributed by atoms with Crippen molar-refractivity contribution in [1.82, 2.24) is 9.38 Å². The van der Waals surface area contributed by atoms with Crippen LogP contribution in [0, 0.1) is 17.5 Å². The summed E-state index contributed by atoms with van der Waals surface area (Å²) in [5.74, 6) is -3.58. The predicted molar refractivity (Wildman–Crippen MR) is 132 cm³/mol. The molecule has 1 aliphatic heterocycles. The molecule has 1 aliphatic rings. The Morgan fingerprint density at radius 1 is 1.08 bits per heavy atom. The molecule has 1 fully saturated rings. The number of pyridine rings is 1. The summed E-state index contributed by atoms with van der Waals surface area (Å²) in [6, 6.07) is 12.5. The quantitative estimate of drug-likeness (QED) is 0.409. The average Bonchev–Trinajstić information content (AvgIpc) is 3.21. The first-order valence-corrected chi connectivity index (χ1v) is 11.7. The molecule has 2 atom stereocenters. The minimum absolute atomic E-state index is 0.00107. The van der Waals surface area contributed by atoms with Crippen molar-refractivity contribution in [3.05, 3.63) is 99.7 Å². The molecular formula is C27H23F3N4O3. The molecule has 2 N–H and O–H groups in total. The van der Waals surface area contributed by atoms with Crippen molar-refractivity contribution in [3.8, 4) is 11.1 Å². The van der Waals surface area contributed by atoms with Gasteiger partial charge in [-0.25, -0.2) is 22.9 Å². The molecule has 2 aromatic heterocycles. The van der Waals surface area contributed by atoms with E-state index in [1.54, 1.807) is 35.2 Å². The van der Waals surface area contributed by atoms with Crippen molar-refractivity contribution in [2.75, 3.05) is 11.4 Å². The minimum Gasteiger partial charge on any atom is -0.457 e. The first-order valence-electron chi connectivity index (χ1n) is 11.7. The number of nitrogens with zero attached hydrogens (tertiary/aromatic N) is 3. The molecule has 0 bridgehead atoms. The number of hydrogen-bond acceptors (Lipinski definition) is 6. The zero-order chi connectivity index (χ0) is 26.3. The summed E-state index contributed by atoms with van der Waals surface area (Å²) in [5.41, 5.74) is 5.18. The van der Waals surface area contributed by atoms with Gasteiger partial charge in [0, 0.05) is 35.8 Å². The number of esters is 1. The van der Waals surface area contributed by atoms with Gasteiger partial charge >= 0.3 is 5.97 Å². The van der Waals surface area contributed by atoms with Gasteiger partial charge in [0.25, 0.3) is 5.56 Å². The van der Waals surface area contributed by atoms with Crippen LogP contribution in [0.2, 0.25) is 0 Å². The molecule has 2 aromatic carbocycles. The highest BCUT2D eigenvalue weighted by molar-refractivity contribution is 5.93. The highest BCUT2D eigenvalue weighted by Gasteiger charge is 2.31. The summed E-state index contributed by atoms with van der Waals surface area (Å²) in [7, 11) is 0. The van der Waals surface area contributed by atoms with Crippen LogP contribution in [0.1, 0.15) is 29.3 Å². The van der Waals surface area contributed by atoms with Crippen LogP contribution >= 0.6 is 0 Å². The lowest BCUT2D eigenvalue weighted by atomic mass is 10.0. The summed E-state index contributed by atoms with van der Waals surface area (Å²) in [4.78, 5) is 32.3. The first kappa shape index (κ1) is 24.5. The molecule has 0 amide bonds. The lowest BCUT2D eigenvalue weighted by molar-refractivity contribution is 0.0470. The molecular weight excluding hydrogens is 485 g/mol. The number of halogens is 3. The van der Waals surface area contributed by atoms with Crippen LogP contribution < -0.4 is 16.2 Å². The Kier molecular flexibility index (Phi) is 6.43. The van der Waals surface area contributed by atoms with Crippen molar-refractivity contribution in [2.24, 2.45) is 5.73 Å². The fraction of sp³-hybridized carbons (Fsp3) is 0.222. The van der Waals surface area contributed by atoms with Crippen LogP contribution in [0.4, 0.5) is 19.0 Å². The number of aromatic nitrogens is 2.